The number of aromatic nitrogens is 3. The van der Waals surface area contributed by atoms with E-state index in [-0.39, 0.29) is 11.9 Å². The van der Waals surface area contributed by atoms with Gasteiger partial charge in [0.05, 0.1) is 6.42 Å². The number of carbonyl (C=O) groups excluding carboxylic acids is 1. The van der Waals surface area contributed by atoms with Crippen LogP contribution in [-0.4, -0.2) is 20.4 Å². The van der Waals surface area contributed by atoms with Crippen LogP contribution in [0.25, 0.3) is 10.9 Å². The van der Waals surface area contributed by atoms with Gasteiger partial charge in [-0.1, -0.05) is 48.5 Å². The second-order valence-electron chi connectivity index (χ2n) is 6.34. The number of benzene rings is 2. The molecule has 0 aliphatic carbocycles. The molecule has 0 spiro atoms. The predicted molar refractivity (Wildman–Crippen MR) is 102 cm³/mol. The number of hydrogen-bond donors (Lipinski definition) is 2. The van der Waals surface area contributed by atoms with Crippen molar-refractivity contribution in [1.82, 2.24) is 19.9 Å². The van der Waals surface area contributed by atoms with Crippen molar-refractivity contribution < 1.29 is 4.79 Å². The van der Waals surface area contributed by atoms with Crippen molar-refractivity contribution in [3.63, 3.8) is 0 Å². The summed E-state index contributed by atoms with van der Waals surface area (Å²) in [5.74, 6) is 0.773. The molecule has 2 aromatic heterocycles. The molecule has 0 bridgehead atoms. The van der Waals surface area contributed by atoms with Crippen LogP contribution >= 0.6 is 0 Å². The molecule has 1 unspecified atom stereocenters. The minimum atomic E-state index is -0.283. The summed E-state index contributed by atoms with van der Waals surface area (Å²) >= 11 is 0. The molecule has 4 aromatic rings. The van der Waals surface area contributed by atoms with Crippen molar-refractivity contribution in [2.75, 3.05) is 0 Å². The minimum absolute atomic E-state index is 0.0355. The van der Waals surface area contributed by atoms with Crippen molar-refractivity contribution in [1.29, 1.82) is 0 Å². The van der Waals surface area contributed by atoms with Gasteiger partial charge in [0, 0.05) is 36.5 Å². The van der Waals surface area contributed by atoms with Crippen LogP contribution in [0.4, 0.5) is 0 Å². The highest BCUT2D eigenvalue weighted by molar-refractivity contribution is 5.89. The van der Waals surface area contributed by atoms with E-state index in [1.165, 1.54) is 0 Å². The number of aryl methyl sites for hydroxylation is 1. The second kappa shape index (κ2) is 6.88. The normalized spacial score (nSPS) is 12.2. The first kappa shape index (κ1) is 16.1. The smallest absolute Gasteiger partial charge is 0.225 e. The van der Waals surface area contributed by atoms with Gasteiger partial charge >= 0.3 is 0 Å². The van der Waals surface area contributed by atoms with E-state index >= 15 is 0 Å². The Morgan fingerprint density at radius 1 is 1.15 bits per heavy atom. The standard InChI is InChI=1S/C21H20N4O/c1-25-12-11-22-21(25)20(15-7-3-2-4-8-15)24-19(26)13-16-14-23-18-10-6-5-9-17(16)18/h2-12,14,20,23H,13H2,1H3,(H,24,26). The molecule has 2 N–H and O–H groups in total. The molecule has 0 aliphatic heterocycles. The highest BCUT2D eigenvalue weighted by atomic mass is 16.1. The van der Waals surface area contributed by atoms with Gasteiger partial charge in [-0.2, -0.15) is 0 Å². The minimum Gasteiger partial charge on any atom is -0.361 e. The highest BCUT2D eigenvalue weighted by Gasteiger charge is 2.21. The number of hydrogen-bond acceptors (Lipinski definition) is 2. The van der Waals surface area contributed by atoms with Crippen LogP contribution in [0.3, 0.4) is 0 Å². The van der Waals surface area contributed by atoms with Crippen LogP contribution in [0.1, 0.15) is 23.0 Å². The summed E-state index contributed by atoms with van der Waals surface area (Å²) < 4.78 is 1.93. The summed E-state index contributed by atoms with van der Waals surface area (Å²) in [4.78, 5) is 20.4. The third-order valence-corrected chi connectivity index (χ3v) is 4.58. The number of para-hydroxylation sites is 1. The Morgan fingerprint density at radius 2 is 1.92 bits per heavy atom. The fourth-order valence-electron chi connectivity index (χ4n) is 3.26. The molecular formula is C21H20N4O. The Balaban J connectivity index is 1.59. The van der Waals surface area contributed by atoms with Gasteiger partial charge in [0.1, 0.15) is 11.9 Å². The number of nitrogens with one attached hydrogen (secondary N) is 2. The molecule has 0 aliphatic rings. The van der Waals surface area contributed by atoms with Gasteiger partial charge in [-0.05, 0) is 17.2 Å². The fraction of sp³-hybridized carbons (Fsp3) is 0.143. The molecule has 26 heavy (non-hydrogen) atoms. The van der Waals surface area contributed by atoms with Crippen LogP contribution in [0.5, 0.6) is 0 Å². The third-order valence-electron chi connectivity index (χ3n) is 4.58. The Labute approximate surface area is 151 Å². The van der Waals surface area contributed by atoms with Crippen molar-refractivity contribution in [3.8, 4) is 0 Å². The van der Waals surface area contributed by atoms with Crippen LogP contribution in [-0.2, 0) is 18.3 Å². The number of imidazole rings is 1. The molecule has 0 saturated heterocycles. The molecule has 0 fully saturated rings. The molecule has 4 rings (SSSR count). The zero-order valence-corrected chi connectivity index (χ0v) is 14.5. The number of amides is 1. The lowest BCUT2D eigenvalue weighted by atomic mass is 10.0. The van der Waals surface area contributed by atoms with Crippen molar-refractivity contribution >= 4 is 16.8 Å². The maximum Gasteiger partial charge on any atom is 0.225 e. The predicted octanol–water partition coefficient (Wildman–Crippen LogP) is 3.35. The van der Waals surface area contributed by atoms with Gasteiger partial charge < -0.3 is 14.9 Å². The van der Waals surface area contributed by atoms with E-state index < -0.39 is 0 Å². The van der Waals surface area contributed by atoms with Crippen molar-refractivity contribution in [2.45, 2.75) is 12.5 Å². The first-order valence-corrected chi connectivity index (χ1v) is 8.59. The van der Waals surface area contributed by atoms with E-state index in [2.05, 4.69) is 15.3 Å². The Morgan fingerprint density at radius 3 is 2.69 bits per heavy atom. The van der Waals surface area contributed by atoms with E-state index in [0.29, 0.717) is 6.42 Å². The molecule has 2 aromatic carbocycles. The van der Waals surface area contributed by atoms with Gasteiger partial charge in [-0.3, -0.25) is 4.79 Å². The summed E-state index contributed by atoms with van der Waals surface area (Å²) in [5, 5.41) is 4.22. The highest BCUT2D eigenvalue weighted by Crippen LogP contribution is 2.22. The molecule has 5 nitrogen and oxygen atoms in total. The Hall–Kier alpha value is -3.34. The quantitative estimate of drug-likeness (QED) is 0.583. The first-order chi connectivity index (χ1) is 12.7. The first-order valence-electron chi connectivity index (χ1n) is 8.59. The third kappa shape index (κ3) is 3.11. The van der Waals surface area contributed by atoms with Gasteiger partial charge in [0.2, 0.25) is 5.91 Å². The molecule has 2 heterocycles. The molecule has 1 amide bonds. The molecular weight excluding hydrogens is 324 g/mol. The molecule has 1 atom stereocenters. The maximum absolute atomic E-state index is 12.8. The number of fused-ring (bicyclic) bond motifs is 1. The van der Waals surface area contributed by atoms with Crippen molar-refractivity contribution in [2.24, 2.45) is 7.05 Å². The zero-order chi connectivity index (χ0) is 17.9. The van der Waals surface area contributed by atoms with E-state index in [4.69, 9.17) is 0 Å². The number of aromatic amines is 1. The van der Waals surface area contributed by atoms with Gasteiger partial charge in [0.25, 0.3) is 0 Å². The van der Waals surface area contributed by atoms with Crippen LogP contribution in [0.15, 0.2) is 73.2 Å². The maximum atomic E-state index is 12.8. The van der Waals surface area contributed by atoms with Gasteiger partial charge in [-0.25, -0.2) is 4.98 Å². The number of rotatable bonds is 5. The monoisotopic (exact) mass is 344 g/mol. The topological polar surface area (TPSA) is 62.7 Å². The van der Waals surface area contributed by atoms with E-state index in [9.17, 15) is 4.79 Å². The van der Waals surface area contributed by atoms with Crippen LogP contribution in [0.2, 0.25) is 0 Å². The van der Waals surface area contributed by atoms with E-state index in [1.807, 2.05) is 78.6 Å². The van der Waals surface area contributed by atoms with E-state index in [0.717, 1.165) is 27.9 Å². The van der Waals surface area contributed by atoms with Gasteiger partial charge in [0.15, 0.2) is 0 Å². The van der Waals surface area contributed by atoms with Crippen molar-refractivity contribution in [3.05, 3.63) is 90.1 Å². The fourth-order valence-corrected chi connectivity index (χ4v) is 3.26. The lowest BCUT2D eigenvalue weighted by Gasteiger charge is -2.19. The average molecular weight is 344 g/mol. The summed E-state index contributed by atoms with van der Waals surface area (Å²) in [5.41, 5.74) is 3.04. The largest absolute Gasteiger partial charge is 0.361 e. The van der Waals surface area contributed by atoms with Crippen LogP contribution < -0.4 is 5.32 Å². The summed E-state index contributed by atoms with van der Waals surface area (Å²) in [6.07, 6.45) is 5.86. The molecule has 0 radical (unpaired) electrons. The second-order valence-corrected chi connectivity index (χ2v) is 6.34. The summed E-state index contributed by atoms with van der Waals surface area (Å²) in [7, 11) is 1.93. The molecule has 0 saturated carbocycles. The molecule has 130 valence electrons. The summed E-state index contributed by atoms with van der Waals surface area (Å²) in [6, 6.07) is 17.6. The zero-order valence-electron chi connectivity index (χ0n) is 14.5. The van der Waals surface area contributed by atoms with E-state index in [1.54, 1.807) is 6.20 Å². The summed E-state index contributed by atoms with van der Waals surface area (Å²) in [6.45, 7) is 0. The van der Waals surface area contributed by atoms with Crippen LogP contribution in [0, 0.1) is 0 Å². The SMILES string of the molecule is Cn1ccnc1C(NC(=O)Cc1c[nH]c2ccccc12)c1ccccc1. The average Bonchev–Trinajstić information content (AvgIpc) is 3.27. The van der Waals surface area contributed by atoms with Gasteiger partial charge in [-0.15, -0.1) is 0 Å². The lowest BCUT2D eigenvalue weighted by molar-refractivity contribution is -0.121. The Bertz CT molecular complexity index is 1030. The number of carbonyl (C=O) groups is 1. The lowest BCUT2D eigenvalue weighted by Crippen LogP contribution is -2.32. The number of nitrogens with zero attached hydrogens (tertiary/aromatic N) is 2. The Kier molecular flexibility index (Phi) is 4.27. The number of H-pyrrole nitrogens is 1. The molecule has 5 heteroatoms.